The van der Waals surface area contributed by atoms with E-state index < -0.39 is 5.60 Å². The molecule has 2 aromatic rings. The number of aromatic nitrogens is 2. The van der Waals surface area contributed by atoms with Crippen LogP contribution in [0.3, 0.4) is 0 Å². The van der Waals surface area contributed by atoms with Crippen LogP contribution in [0.5, 0.6) is 5.88 Å². The third kappa shape index (κ3) is 3.29. The zero-order valence-electron chi connectivity index (χ0n) is 16.1. The van der Waals surface area contributed by atoms with Crippen LogP contribution >= 0.6 is 0 Å². The fraction of sp³-hybridized carbons (Fsp3) is 0.450. The molecule has 1 atom stereocenters. The van der Waals surface area contributed by atoms with Gasteiger partial charge in [-0.2, -0.15) is 0 Å². The molecule has 2 aliphatic heterocycles. The number of carbonyl (C=O) groups is 1. The molecular formula is C20H24N4O3. The Bertz CT molecular complexity index is 919. The van der Waals surface area contributed by atoms with E-state index in [1.165, 1.54) is 0 Å². The van der Waals surface area contributed by atoms with E-state index in [9.17, 15) is 4.79 Å². The van der Waals surface area contributed by atoms with Gasteiger partial charge in [0.1, 0.15) is 11.1 Å². The summed E-state index contributed by atoms with van der Waals surface area (Å²) < 4.78 is 10.8. The summed E-state index contributed by atoms with van der Waals surface area (Å²) >= 11 is 0. The molecule has 0 bridgehead atoms. The van der Waals surface area contributed by atoms with Gasteiger partial charge in [0.2, 0.25) is 5.88 Å². The van der Waals surface area contributed by atoms with Gasteiger partial charge in [-0.1, -0.05) is 0 Å². The summed E-state index contributed by atoms with van der Waals surface area (Å²) in [6, 6.07) is 5.69. The molecule has 2 aromatic heterocycles. The molecule has 1 amide bonds. The number of pyridine rings is 2. The van der Waals surface area contributed by atoms with Crippen molar-refractivity contribution in [2.45, 2.75) is 32.8 Å². The highest BCUT2D eigenvalue weighted by Gasteiger charge is 2.38. The van der Waals surface area contributed by atoms with Crippen molar-refractivity contribution in [3.8, 4) is 5.88 Å². The number of anilines is 1. The lowest BCUT2D eigenvalue weighted by Gasteiger charge is -2.24. The molecule has 0 saturated carbocycles. The summed E-state index contributed by atoms with van der Waals surface area (Å²) in [4.78, 5) is 25.3. The second kappa shape index (κ2) is 6.40. The second-order valence-corrected chi connectivity index (χ2v) is 7.88. The number of fused-ring (bicyclic) bond motifs is 2. The predicted molar refractivity (Wildman–Crippen MR) is 103 cm³/mol. The molecule has 7 nitrogen and oxygen atoms in total. The average Bonchev–Trinajstić information content (AvgIpc) is 3.20. The quantitative estimate of drug-likeness (QED) is 0.807. The summed E-state index contributed by atoms with van der Waals surface area (Å²) in [6.45, 7) is 7.17. The minimum atomic E-state index is -0.505. The lowest BCUT2D eigenvalue weighted by molar-refractivity contribution is 0.0338. The largest absolute Gasteiger partial charge is 0.481 e. The van der Waals surface area contributed by atoms with E-state index in [1.807, 2.05) is 45.2 Å². The zero-order chi connectivity index (χ0) is 19.2. The van der Waals surface area contributed by atoms with Crippen molar-refractivity contribution in [3.63, 3.8) is 0 Å². The molecule has 0 N–H and O–H groups in total. The Hall–Kier alpha value is -2.83. The lowest BCUT2D eigenvalue weighted by Crippen LogP contribution is -2.33. The summed E-state index contributed by atoms with van der Waals surface area (Å²) in [5, 5.41) is 0. The highest BCUT2D eigenvalue weighted by molar-refractivity contribution is 5.89. The third-order valence-corrected chi connectivity index (χ3v) is 4.80. The van der Waals surface area contributed by atoms with E-state index in [4.69, 9.17) is 9.47 Å². The van der Waals surface area contributed by atoms with Crippen molar-refractivity contribution in [2.75, 3.05) is 25.1 Å². The molecule has 0 unspecified atom stereocenters. The number of carbonyl (C=O) groups excluding carboxylic acids is 1. The molecular weight excluding hydrogens is 344 g/mol. The van der Waals surface area contributed by atoms with Crippen molar-refractivity contribution < 1.29 is 14.3 Å². The summed E-state index contributed by atoms with van der Waals surface area (Å²) in [7, 11) is 1.61. The van der Waals surface area contributed by atoms with Crippen molar-refractivity contribution in [1.82, 2.24) is 14.9 Å². The Morgan fingerprint density at radius 2 is 2.07 bits per heavy atom. The maximum absolute atomic E-state index is 12.4. The molecule has 2 aliphatic rings. The predicted octanol–water partition coefficient (Wildman–Crippen LogP) is 3.56. The van der Waals surface area contributed by atoms with Crippen molar-refractivity contribution >= 4 is 22.8 Å². The van der Waals surface area contributed by atoms with Crippen molar-refractivity contribution in [2.24, 2.45) is 5.92 Å². The first kappa shape index (κ1) is 17.6. The van der Waals surface area contributed by atoms with Gasteiger partial charge < -0.3 is 14.4 Å². The number of nitrogens with zero attached hydrogens (tertiary/aromatic N) is 4. The monoisotopic (exact) mass is 368 g/mol. The summed E-state index contributed by atoms with van der Waals surface area (Å²) in [5.74, 6) is 0.870. The van der Waals surface area contributed by atoms with Crippen LogP contribution in [0.2, 0.25) is 0 Å². The minimum Gasteiger partial charge on any atom is -0.481 e. The van der Waals surface area contributed by atoms with Crippen LogP contribution in [0.25, 0.3) is 11.0 Å². The van der Waals surface area contributed by atoms with Gasteiger partial charge in [-0.15, -0.1) is 0 Å². The Balaban J connectivity index is 1.67. The third-order valence-electron chi connectivity index (χ3n) is 4.80. The second-order valence-electron chi connectivity index (χ2n) is 7.88. The maximum Gasteiger partial charge on any atom is 0.414 e. The molecule has 142 valence electrons. The standard InChI is InChI=1S/C20H24N4O3/c1-20(2,3)27-19(25)23-11-13-8-10-24(16(13)12-23)15-7-9-21-14-5-6-17(26-4)22-18(14)15/h5-7,9,12-13H,8,10-11H2,1-4H3/t13-/m1/s1. The Labute approximate surface area is 158 Å². The lowest BCUT2D eigenvalue weighted by atomic mass is 10.1. The van der Waals surface area contributed by atoms with Gasteiger partial charge in [0.05, 0.1) is 18.3 Å². The van der Waals surface area contributed by atoms with E-state index in [1.54, 1.807) is 18.2 Å². The van der Waals surface area contributed by atoms with Crippen LogP contribution in [0.15, 0.2) is 36.3 Å². The van der Waals surface area contributed by atoms with Gasteiger partial charge in [-0.25, -0.2) is 9.78 Å². The highest BCUT2D eigenvalue weighted by atomic mass is 16.6. The number of amides is 1. The number of ether oxygens (including phenoxy) is 2. The van der Waals surface area contributed by atoms with Crippen LogP contribution in [0.1, 0.15) is 27.2 Å². The van der Waals surface area contributed by atoms with Crippen molar-refractivity contribution in [3.05, 3.63) is 36.3 Å². The SMILES string of the molecule is COc1ccc2nccc(N3CC[C@@H]4CN(C(=O)OC(C)(C)C)C=C43)c2n1. The van der Waals surface area contributed by atoms with E-state index >= 15 is 0 Å². The molecule has 4 heterocycles. The van der Waals surface area contributed by atoms with Gasteiger partial charge in [0, 0.05) is 43.2 Å². The number of rotatable bonds is 2. The minimum absolute atomic E-state index is 0.302. The molecule has 1 fully saturated rings. The van der Waals surface area contributed by atoms with E-state index in [-0.39, 0.29) is 6.09 Å². The van der Waals surface area contributed by atoms with Crippen LogP contribution in [0, 0.1) is 5.92 Å². The fourth-order valence-corrected chi connectivity index (χ4v) is 3.62. The molecule has 0 aliphatic carbocycles. The van der Waals surface area contributed by atoms with Gasteiger partial charge >= 0.3 is 6.09 Å². The Kier molecular flexibility index (Phi) is 4.17. The molecule has 0 radical (unpaired) electrons. The first-order valence-electron chi connectivity index (χ1n) is 9.14. The Morgan fingerprint density at radius 3 is 2.81 bits per heavy atom. The normalized spacial score (nSPS) is 19.3. The molecule has 27 heavy (non-hydrogen) atoms. The molecule has 7 heteroatoms. The first-order valence-corrected chi connectivity index (χ1v) is 9.14. The molecule has 1 saturated heterocycles. The topological polar surface area (TPSA) is 67.8 Å². The van der Waals surface area contributed by atoms with E-state index in [2.05, 4.69) is 14.9 Å². The number of hydrogen-bond donors (Lipinski definition) is 0. The van der Waals surface area contributed by atoms with E-state index in [0.29, 0.717) is 18.3 Å². The maximum atomic E-state index is 12.4. The van der Waals surface area contributed by atoms with Gasteiger partial charge in [0.25, 0.3) is 0 Å². The van der Waals surface area contributed by atoms with E-state index in [0.717, 1.165) is 35.4 Å². The average molecular weight is 368 g/mol. The zero-order valence-corrected chi connectivity index (χ0v) is 16.1. The van der Waals surface area contributed by atoms with Gasteiger partial charge in [0.15, 0.2) is 0 Å². The number of hydrogen-bond acceptors (Lipinski definition) is 6. The summed E-state index contributed by atoms with van der Waals surface area (Å²) in [5.41, 5.74) is 3.22. The van der Waals surface area contributed by atoms with Gasteiger partial charge in [-0.05, 0) is 39.3 Å². The fourth-order valence-electron chi connectivity index (χ4n) is 3.62. The number of methoxy groups -OCH3 is 1. The Morgan fingerprint density at radius 1 is 1.26 bits per heavy atom. The highest BCUT2D eigenvalue weighted by Crippen LogP contribution is 2.40. The first-order chi connectivity index (χ1) is 12.9. The van der Waals surface area contributed by atoms with Crippen LogP contribution < -0.4 is 9.64 Å². The molecule has 0 aromatic carbocycles. The molecule has 4 rings (SSSR count). The van der Waals surface area contributed by atoms with Gasteiger partial charge in [-0.3, -0.25) is 9.88 Å². The van der Waals surface area contributed by atoms with Crippen LogP contribution in [-0.2, 0) is 4.74 Å². The summed E-state index contributed by atoms with van der Waals surface area (Å²) in [6.07, 6.45) is 4.39. The smallest absolute Gasteiger partial charge is 0.414 e. The van der Waals surface area contributed by atoms with Crippen LogP contribution in [0.4, 0.5) is 10.5 Å². The van der Waals surface area contributed by atoms with Crippen LogP contribution in [-0.4, -0.2) is 46.8 Å². The molecule has 0 spiro atoms. The van der Waals surface area contributed by atoms with Crippen molar-refractivity contribution in [1.29, 1.82) is 0 Å².